The molecule has 1 aromatic rings. The van der Waals surface area contributed by atoms with Crippen LogP contribution in [0.4, 0.5) is 5.69 Å². The summed E-state index contributed by atoms with van der Waals surface area (Å²) in [7, 11) is -0.383. The molecule has 0 amide bonds. The molecule has 404 valence electrons. The van der Waals surface area contributed by atoms with Crippen LogP contribution in [0.2, 0.25) is 0 Å². The molecule has 13 heteroatoms. The molecular formula is C60H88NO11P. The van der Waals surface area contributed by atoms with E-state index in [1.54, 1.807) is 5.57 Å². The zero-order chi connectivity index (χ0) is 52.1. The number of nitrogens with zero attached hydrogens (tertiary/aromatic N) is 1. The molecule has 8 aliphatic carbocycles. The first-order valence-electron chi connectivity index (χ1n) is 28.0. The predicted octanol–water partition coefficient (Wildman–Crippen LogP) is 11.9. The largest absolute Gasteiger partial charge is 0.477 e. The summed E-state index contributed by atoms with van der Waals surface area (Å²) in [5.41, 5.74) is 5.46. The predicted molar refractivity (Wildman–Crippen MR) is 283 cm³/mol. The highest BCUT2D eigenvalue weighted by Gasteiger charge is 2.67. The molecule has 12 nitrogen and oxygen atoms in total. The molecule has 6 saturated carbocycles. The topological polar surface area (TPSA) is 150 Å². The van der Waals surface area contributed by atoms with Gasteiger partial charge in [-0.25, -0.2) is 4.57 Å². The SMILES string of the molecule is C=CCOP(=O)(OCC=C)OCO[C@@H]1C[C@@H]2C[C@@H](OCCN(C)c3ccc([C@H]4C[C@@]5(C)C(CC[C@]5(C)O)C5CCC6=CC(=O)CCC6=C54)cc3)CC[C@]2(C)[C@H]2C[C@H](O)[C@]3(C)[C@@H]([C@H](C)CCC(=O)OC)CC[C@H]3[C@H]12. The molecular weight excluding hydrogens is 942 g/mol. The molecule has 0 heterocycles. The molecule has 0 spiro atoms. The van der Waals surface area contributed by atoms with Crippen molar-refractivity contribution in [1.82, 2.24) is 0 Å². The molecule has 9 rings (SSSR count). The normalized spacial score (nSPS) is 39.2. The number of ether oxygens (including phenoxy) is 3. The molecule has 2 unspecified atom stereocenters. The number of phosphoric acid groups is 1. The lowest BCUT2D eigenvalue weighted by Crippen LogP contribution is -2.63. The van der Waals surface area contributed by atoms with Crippen molar-refractivity contribution in [3.8, 4) is 0 Å². The Balaban J connectivity index is 0.876. The Bertz CT molecular complexity index is 2300. The van der Waals surface area contributed by atoms with E-state index >= 15 is 0 Å². The number of ketones is 1. The third-order valence-corrected chi connectivity index (χ3v) is 22.9. The zero-order valence-electron chi connectivity index (χ0n) is 45.2. The van der Waals surface area contributed by atoms with Gasteiger partial charge in [0.25, 0.3) is 0 Å². The quantitative estimate of drug-likeness (QED) is 0.0554. The van der Waals surface area contributed by atoms with E-state index < -0.39 is 19.5 Å². The molecule has 16 atom stereocenters. The lowest BCUT2D eigenvalue weighted by molar-refractivity contribution is -0.228. The fourth-order valence-electron chi connectivity index (χ4n) is 17.3. The van der Waals surface area contributed by atoms with Crippen molar-refractivity contribution >= 4 is 25.3 Å². The van der Waals surface area contributed by atoms with Gasteiger partial charge in [0.1, 0.15) is 0 Å². The first-order chi connectivity index (χ1) is 34.8. The van der Waals surface area contributed by atoms with E-state index in [0.29, 0.717) is 37.7 Å². The van der Waals surface area contributed by atoms with Gasteiger partial charge in [-0.1, -0.05) is 57.6 Å². The summed E-state index contributed by atoms with van der Waals surface area (Å²) in [6, 6.07) is 9.13. The van der Waals surface area contributed by atoms with Crippen LogP contribution in [-0.4, -0.2) is 93.2 Å². The standard InChI is InChI=1S/C60H88NO11P/c1-10-29-70-73(66,71-30-11-2)72-37-69-52-34-41-33-44(24-26-57(41,4)51-35-53(63)60(7)48(21-22-50(60)56(51)52)38(3)12-23-54(64)67-9)68-31-28-61(8)42-16-13-39(14-17-42)47-36-58(5)49(25-27-59(58,6)65)46-19-15-40-32-43(62)18-20-45(40)55(46)47/h10-11,13-14,16-17,32,38,41,44,46-53,56,63,65H,1-2,12,15,18-31,33-37H2,3-9H3/t38-,41+,44+,46?,47-,48-,49?,50+,51+,52-,53+,56+,57+,58+,59+,60-/m1/s1. The maximum Gasteiger partial charge on any atom is 0.477 e. The number of phosphoric ester groups is 1. The Morgan fingerprint density at radius 1 is 0.904 bits per heavy atom. The van der Waals surface area contributed by atoms with Gasteiger partial charge in [-0.05, 0) is 190 Å². The number of allylic oxidation sites excluding steroid dienone is 4. The van der Waals surface area contributed by atoms with E-state index in [2.05, 4.69) is 84.0 Å². The van der Waals surface area contributed by atoms with Crippen LogP contribution in [0.3, 0.4) is 0 Å². The highest BCUT2D eigenvalue weighted by molar-refractivity contribution is 7.48. The fraction of sp³-hybridized carbons (Fsp3) is 0.733. The number of hydrogen-bond donors (Lipinski definition) is 2. The second-order valence-corrected chi connectivity index (χ2v) is 26.4. The summed E-state index contributed by atoms with van der Waals surface area (Å²) in [5, 5.41) is 24.3. The minimum absolute atomic E-state index is 0.00368. The summed E-state index contributed by atoms with van der Waals surface area (Å²) in [6.07, 6.45) is 18.0. The molecule has 0 radical (unpaired) electrons. The lowest BCUT2D eigenvalue weighted by atomic mass is 9.43. The van der Waals surface area contributed by atoms with Crippen molar-refractivity contribution in [2.45, 2.75) is 167 Å². The summed E-state index contributed by atoms with van der Waals surface area (Å²) in [6.45, 7) is 19.8. The van der Waals surface area contributed by atoms with Crippen molar-refractivity contribution < 1.29 is 52.1 Å². The molecule has 0 bridgehead atoms. The number of fused-ring (bicyclic) bond motifs is 9. The molecule has 6 fully saturated rings. The van der Waals surface area contributed by atoms with Gasteiger partial charge in [0, 0.05) is 43.5 Å². The maximum atomic E-state index is 13.6. The van der Waals surface area contributed by atoms with Crippen molar-refractivity contribution in [2.24, 2.45) is 63.6 Å². The molecule has 73 heavy (non-hydrogen) atoms. The van der Waals surface area contributed by atoms with Crippen LogP contribution in [-0.2, 0) is 41.9 Å². The van der Waals surface area contributed by atoms with Crippen molar-refractivity contribution in [1.29, 1.82) is 0 Å². The Kier molecular flexibility index (Phi) is 16.4. The van der Waals surface area contributed by atoms with Gasteiger partial charge in [0.15, 0.2) is 12.6 Å². The summed E-state index contributed by atoms with van der Waals surface area (Å²) < 4.78 is 49.1. The number of benzene rings is 1. The number of carbonyl (C=O) groups is 2. The third kappa shape index (κ3) is 10.3. The second-order valence-electron chi connectivity index (χ2n) is 24.8. The molecule has 8 aliphatic rings. The Labute approximate surface area is 436 Å². The first kappa shape index (κ1) is 54.8. The number of rotatable bonds is 20. The van der Waals surface area contributed by atoms with Gasteiger partial charge in [0.05, 0.1) is 50.8 Å². The van der Waals surface area contributed by atoms with Gasteiger partial charge in [-0.2, -0.15) is 0 Å². The summed E-state index contributed by atoms with van der Waals surface area (Å²) in [5.74, 6) is 2.51. The van der Waals surface area contributed by atoms with Crippen molar-refractivity contribution in [3.63, 3.8) is 0 Å². The summed E-state index contributed by atoms with van der Waals surface area (Å²) in [4.78, 5) is 27.1. The molecule has 0 saturated heterocycles. The number of anilines is 1. The monoisotopic (exact) mass is 1030 g/mol. The highest BCUT2D eigenvalue weighted by atomic mass is 31.2. The first-order valence-corrected chi connectivity index (χ1v) is 29.5. The van der Waals surface area contributed by atoms with Crippen molar-refractivity contribution in [3.05, 3.63) is 77.9 Å². The van der Waals surface area contributed by atoms with E-state index in [-0.39, 0.29) is 102 Å². The number of carbonyl (C=O) groups excluding carboxylic acids is 2. The number of aliphatic hydroxyl groups excluding tert-OH is 1. The van der Waals surface area contributed by atoms with Gasteiger partial charge in [-0.3, -0.25) is 23.2 Å². The minimum Gasteiger partial charge on any atom is -0.469 e. The maximum absolute atomic E-state index is 13.6. The van der Waals surface area contributed by atoms with E-state index in [1.807, 2.05) is 6.08 Å². The van der Waals surface area contributed by atoms with Crippen LogP contribution in [0.5, 0.6) is 0 Å². The number of esters is 1. The average Bonchev–Trinajstić information content (AvgIpc) is 3.86. The minimum atomic E-state index is -3.96. The fourth-order valence-corrected chi connectivity index (χ4v) is 18.3. The smallest absolute Gasteiger partial charge is 0.469 e. The van der Waals surface area contributed by atoms with E-state index in [0.717, 1.165) is 95.7 Å². The van der Waals surface area contributed by atoms with Gasteiger partial charge in [-0.15, -0.1) is 13.2 Å². The van der Waals surface area contributed by atoms with E-state index in [1.165, 1.54) is 36.0 Å². The molecule has 0 aliphatic heterocycles. The summed E-state index contributed by atoms with van der Waals surface area (Å²) >= 11 is 0. The lowest BCUT2D eigenvalue weighted by Gasteiger charge is -2.64. The number of likely N-dealkylation sites (N-methyl/N-ethyl adjacent to an activating group) is 1. The van der Waals surface area contributed by atoms with E-state index in [4.69, 9.17) is 27.8 Å². The average molecular weight is 1030 g/mol. The second kappa shape index (κ2) is 21.8. The van der Waals surface area contributed by atoms with Gasteiger partial charge >= 0.3 is 13.8 Å². The Hall–Kier alpha value is -2.93. The van der Waals surface area contributed by atoms with Gasteiger partial charge < -0.3 is 29.3 Å². The van der Waals surface area contributed by atoms with Crippen LogP contribution >= 0.6 is 7.82 Å². The zero-order valence-corrected chi connectivity index (χ0v) is 46.1. The Morgan fingerprint density at radius 2 is 1.64 bits per heavy atom. The van der Waals surface area contributed by atoms with Crippen LogP contribution in [0.15, 0.2) is 72.4 Å². The molecule has 2 N–H and O–H groups in total. The van der Waals surface area contributed by atoms with Crippen molar-refractivity contribution in [2.75, 3.05) is 52.2 Å². The Morgan fingerprint density at radius 3 is 2.36 bits per heavy atom. The van der Waals surface area contributed by atoms with Crippen LogP contribution in [0, 0.1) is 63.6 Å². The third-order valence-electron chi connectivity index (χ3n) is 21.5. The van der Waals surface area contributed by atoms with E-state index in [9.17, 15) is 24.4 Å². The van der Waals surface area contributed by atoms with Crippen LogP contribution in [0.25, 0.3) is 0 Å². The molecule has 0 aromatic heterocycles. The highest BCUT2D eigenvalue weighted by Crippen LogP contribution is 2.70. The number of methoxy groups -OCH3 is 1. The van der Waals surface area contributed by atoms with Crippen LogP contribution in [0.1, 0.15) is 149 Å². The molecule has 1 aromatic carbocycles. The van der Waals surface area contributed by atoms with Crippen LogP contribution < -0.4 is 4.90 Å². The van der Waals surface area contributed by atoms with Gasteiger partial charge in [0.2, 0.25) is 0 Å². The number of hydrogen-bond acceptors (Lipinski definition) is 12. The number of aliphatic hydroxyl groups is 2.